The molecule has 0 saturated carbocycles. The van der Waals surface area contributed by atoms with E-state index >= 15 is 0 Å². The van der Waals surface area contributed by atoms with Gasteiger partial charge in [0.25, 0.3) is 5.91 Å². The predicted octanol–water partition coefficient (Wildman–Crippen LogP) is 4.98. The smallest absolute Gasteiger partial charge is 0.257 e. The van der Waals surface area contributed by atoms with Crippen molar-refractivity contribution in [2.45, 2.75) is 18.7 Å². The van der Waals surface area contributed by atoms with Crippen LogP contribution in [0.4, 0.5) is 5.13 Å². The van der Waals surface area contributed by atoms with Crippen molar-refractivity contribution in [3.8, 4) is 5.75 Å². The zero-order valence-electron chi connectivity index (χ0n) is 13.8. The van der Waals surface area contributed by atoms with Gasteiger partial charge in [0.05, 0.1) is 11.8 Å². The molecule has 0 spiro atoms. The van der Waals surface area contributed by atoms with Crippen molar-refractivity contribution in [1.29, 1.82) is 0 Å². The van der Waals surface area contributed by atoms with E-state index in [4.69, 9.17) is 4.74 Å². The number of aromatic nitrogens is 1. The molecule has 124 valence electrons. The van der Waals surface area contributed by atoms with E-state index in [1.165, 1.54) is 11.3 Å². The maximum absolute atomic E-state index is 12.5. The number of fused-ring (bicyclic) bond motifs is 1. The normalized spacial score (nSPS) is 10.8. The van der Waals surface area contributed by atoms with Crippen LogP contribution in [0.15, 0.2) is 41.3 Å². The predicted molar refractivity (Wildman–Crippen MR) is 102 cm³/mol. The van der Waals surface area contributed by atoms with Crippen LogP contribution in [0.25, 0.3) is 10.2 Å². The van der Waals surface area contributed by atoms with Crippen LogP contribution in [0, 0.1) is 6.92 Å². The van der Waals surface area contributed by atoms with Crippen LogP contribution in [0.2, 0.25) is 0 Å². The number of thiazole rings is 1. The summed E-state index contributed by atoms with van der Waals surface area (Å²) in [5, 5.41) is 3.48. The molecule has 0 aliphatic carbocycles. The molecule has 1 amide bonds. The second-order valence-corrected chi connectivity index (χ2v) is 7.53. The minimum atomic E-state index is -0.149. The molecule has 0 atom stereocenters. The molecule has 1 aromatic heterocycles. The minimum absolute atomic E-state index is 0.149. The monoisotopic (exact) mass is 358 g/mol. The molecule has 3 rings (SSSR count). The molecule has 0 saturated heterocycles. The summed E-state index contributed by atoms with van der Waals surface area (Å²) < 4.78 is 6.38. The Morgan fingerprint density at radius 3 is 2.92 bits per heavy atom. The number of nitrogens with one attached hydrogen (secondary N) is 1. The fourth-order valence-corrected chi connectivity index (χ4v) is 4.06. The Balaban J connectivity index is 1.88. The third-order valence-corrected chi connectivity index (χ3v) is 5.53. The number of hydrogen-bond donors (Lipinski definition) is 1. The van der Waals surface area contributed by atoms with E-state index in [1.807, 2.05) is 43.3 Å². The highest BCUT2D eigenvalue weighted by Gasteiger charge is 2.14. The van der Waals surface area contributed by atoms with Crippen LogP contribution < -0.4 is 10.1 Å². The largest absolute Gasteiger partial charge is 0.494 e. The Kier molecular flexibility index (Phi) is 5.06. The van der Waals surface area contributed by atoms with Crippen molar-refractivity contribution in [1.82, 2.24) is 4.98 Å². The van der Waals surface area contributed by atoms with E-state index in [0.29, 0.717) is 16.4 Å². The second kappa shape index (κ2) is 7.23. The number of nitrogens with zero attached hydrogens (tertiary/aromatic N) is 1. The van der Waals surface area contributed by atoms with Crippen LogP contribution in [-0.2, 0) is 0 Å². The van der Waals surface area contributed by atoms with Gasteiger partial charge in [-0.1, -0.05) is 30.4 Å². The van der Waals surface area contributed by atoms with Gasteiger partial charge in [-0.3, -0.25) is 10.1 Å². The van der Waals surface area contributed by atoms with Crippen LogP contribution in [-0.4, -0.2) is 23.8 Å². The van der Waals surface area contributed by atoms with Crippen molar-refractivity contribution in [3.05, 3.63) is 47.5 Å². The summed E-state index contributed by atoms with van der Waals surface area (Å²) in [6, 6.07) is 11.5. The molecule has 2 aromatic carbocycles. The lowest BCUT2D eigenvalue weighted by molar-refractivity contribution is 0.102. The van der Waals surface area contributed by atoms with Gasteiger partial charge in [-0.25, -0.2) is 4.98 Å². The summed E-state index contributed by atoms with van der Waals surface area (Å²) >= 11 is 3.18. The number of amides is 1. The standard InChI is InChI=1S/C18H18N2O2S2/c1-4-23-13-7-5-6-12(10-13)17(21)20-18-19-15-14(22-3)9-8-11(2)16(15)24-18/h5-10H,4H2,1-3H3,(H,19,20,21). The molecule has 1 N–H and O–H groups in total. The number of ether oxygens (including phenoxy) is 1. The summed E-state index contributed by atoms with van der Waals surface area (Å²) in [6.45, 7) is 4.12. The lowest BCUT2D eigenvalue weighted by Gasteiger charge is -2.04. The third-order valence-electron chi connectivity index (χ3n) is 3.55. The summed E-state index contributed by atoms with van der Waals surface area (Å²) in [5.74, 6) is 1.54. The van der Waals surface area contributed by atoms with E-state index in [1.54, 1.807) is 18.9 Å². The highest BCUT2D eigenvalue weighted by molar-refractivity contribution is 7.99. The van der Waals surface area contributed by atoms with Gasteiger partial charge in [-0.05, 0) is 42.5 Å². The van der Waals surface area contributed by atoms with E-state index in [9.17, 15) is 4.79 Å². The first kappa shape index (κ1) is 16.8. The average Bonchev–Trinajstić information content (AvgIpc) is 3.00. The van der Waals surface area contributed by atoms with Crippen molar-refractivity contribution in [2.75, 3.05) is 18.2 Å². The lowest BCUT2D eigenvalue weighted by atomic mass is 10.2. The van der Waals surface area contributed by atoms with Crippen molar-refractivity contribution >= 4 is 44.4 Å². The first-order chi connectivity index (χ1) is 11.6. The van der Waals surface area contributed by atoms with Crippen LogP contribution in [0.5, 0.6) is 5.75 Å². The van der Waals surface area contributed by atoms with Crippen molar-refractivity contribution in [3.63, 3.8) is 0 Å². The lowest BCUT2D eigenvalue weighted by Crippen LogP contribution is -2.11. The molecule has 0 aliphatic rings. The van der Waals surface area contributed by atoms with Crippen LogP contribution >= 0.6 is 23.1 Å². The molecule has 4 nitrogen and oxygen atoms in total. The zero-order valence-corrected chi connectivity index (χ0v) is 15.4. The molecule has 0 bridgehead atoms. The topological polar surface area (TPSA) is 51.2 Å². The number of methoxy groups -OCH3 is 1. The summed E-state index contributed by atoms with van der Waals surface area (Å²) in [4.78, 5) is 18.1. The Bertz CT molecular complexity index is 890. The highest BCUT2D eigenvalue weighted by Crippen LogP contribution is 2.34. The zero-order chi connectivity index (χ0) is 17.1. The first-order valence-corrected chi connectivity index (χ1v) is 9.41. The third kappa shape index (κ3) is 3.39. The minimum Gasteiger partial charge on any atom is -0.494 e. The maximum atomic E-state index is 12.5. The number of carbonyl (C=O) groups excluding carboxylic acids is 1. The molecular weight excluding hydrogens is 340 g/mol. The number of carbonyl (C=O) groups is 1. The molecule has 1 heterocycles. The molecule has 6 heteroatoms. The number of anilines is 1. The number of benzene rings is 2. The van der Waals surface area contributed by atoms with Gasteiger partial charge in [0.15, 0.2) is 5.13 Å². The van der Waals surface area contributed by atoms with Crippen molar-refractivity contribution in [2.24, 2.45) is 0 Å². The van der Waals surface area contributed by atoms with E-state index in [2.05, 4.69) is 17.2 Å². The second-order valence-electron chi connectivity index (χ2n) is 5.20. The molecule has 0 fully saturated rings. The molecule has 24 heavy (non-hydrogen) atoms. The SMILES string of the molecule is CCSc1cccc(C(=O)Nc2nc3c(OC)ccc(C)c3s2)c1. The number of hydrogen-bond acceptors (Lipinski definition) is 5. The van der Waals surface area contributed by atoms with Crippen LogP contribution in [0.3, 0.4) is 0 Å². The Morgan fingerprint density at radius 1 is 1.33 bits per heavy atom. The quantitative estimate of drug-likeness (QED) is 0.654. The van der Waals surface area contributed by atoms with Gasteiger partial charge < -0.3 is 4.74 Å². The average molecular weight is 358 g/mol. The fourth-order valence-electron chi connectivity index (χ4n) is 2.39. The highest BCUT2D eigenvalue weighted by atomic mass is 32.2. The maximum Gasteiger partial charge on any atom is 0.257 e. The van der Waals surface area contributed by atoms with Gasteiger partial charge >= 0.3 is 0 Å². The Labute approximate surface area is 149 Å². The van der Waals surface area contributed by atoms with Crippen molar-refractivity contribution < 1.29 is 9.53 Å². The summed E-state index contributed by atoms with van der Waals surface area (Å²) in [5.41, 5.74) is 2.54. The van der Waals surface area contributed by atoms with E-state index < -0.39 is 0 Å². The molecule has 3 aromatic rings. The molecule has 0 aliphatic heterocycles. The van der Waals surface area contributed by atoms with E-state index in [-0.39, 0.29) is 5.91 Å². The summed E-state index contributed by atoms with van der Waals surface area (Å²) in [7, 11) is 1.62. The van der Waals surface area contributed by atoms with E-state index in [0.717, 1.165) is 26.4 Å². The van der Waals surface area contributed by atoms with Gasteiger partial charge in [0.1, 0.15) is 11.3 Å². The van der Waals surface area contributed by atoms with Gasteiger partial charge in [0.2, 0.25) is 0 Å². The number of rotatable bonds is 5. The molecular formula is C18H18N2O2S2. The van der Waals surface area contributed by atoms with Gasteiger partial charge in [0, 0.05) is 10.5 Å². The Morgan fingerprint density at radius 2 is 2.17 bits per heavy atom. The summed E-state index contributed by atoms with van der Waals surface area (Å²) in [6.07, 6.45) is 0. The fraction of sp³-hybridized carbons (Fsp3) is 0.222. The first-order valence-electron chi connectivity index (χ1n) is 7.60. The molecule has 0 radical (unpaired) electrons. The molecule has 0 unspecified atom stereocenters. The van der Waals surface area contributed by atoms with Gasteiger partial charge in [-0.2, -0.15) is 0 Å². The van der Waals surface area contributed by atoms with Crippen LogP contribution in [0.1, 0.15) is 22.8 Å². The van der Waals surface area contributed by atoms with Gasteiger partial charge in [-0.15, -0.1) is 11.8 Å². The number of thioether (sulfide) groups is 1. The Hall–Kier alpha value is -2.05. The number of aryl methyl sites for hydroxylation is 1.